The zero-order valence-electron chi connectivity index (χ0n) is 12.5. The summed E-state index contributed by atoms with van der Waals surface area (Å²) >= 11 is 0. The van der Waals surface area contributed by atoms with Gasteiger partial charge in [0.2, 0.25) is 0 Å². The molecule has 1 aliphatic heterocycles. The van der Waals surface area contributed by atoms with Crippen LogP contribution in [0, 0.1) is 0 Å². The zero-order valence-corrected chi connectivity index (χ0v) is 12.5. The summed E-state index contributed by atoms with van der Waals surface area (Å²) in [6.07, 6.45) is 2.98. The molecule has 0 bridgehead atoms. The molecule has 7 heteroatoms. The van der Waals surface area contributed by atoms with Gasteiger partial charge in [-0.1, -0.05) is 24.3 Å². The summed E-state index contributed by atoms with van der Waals surface area (Å²) in [5.74, 6) is -0.186. The molecule has 1 aliphatic rings. The highest BCUT2D eigenvalue weighted by atomic mass is 16.4. The van der Waals surface area contributed by atoms with E-state index in [1.807, 2.05) is 24.3 Å². The van der Waals surface area contributed by atoms with E-state index in [-0.39, 0.29) is 12.2 Å². The lowest BCUT2D eigenvalue weighted by Crippen LogP contribution is -2.48. The van der Waals surface area contributed by atoms with Gasteiger partial charge < -0.3 is 20.7 Å². The van der Waals surface area contributed by atoms with Crippen molar-refractivity contribution in [1.29, 1.82) is 0 Å². The third-order valence-corrected chi connectivity index (χ3v) is 4.01. The van der Waals surface area contributed by atoms with E-state index in [0.717, 1.165) is 17.5 Å². The van der Waals surface area contributed by atoms with E-state index in [0.29, 0.717) is 12.2 Å². The molecule has 23 heavy (non-hydrogen) atoms. The second-order valence-corrected chi connectivity index (χ2v) is 5.52. The number of hydrogen-bond acceptors (Lipinski definition) is 4. The summed E-state index contributed by atoms with van der Waals surface area (Å²) in [4.78, 5) is 30.8. The van der Waals surface area contributed by atoms with Gasteiger partial charge in [0.15, 0.2) is 5.78 Å². The second-order valence-electron chi connectivity index (χ2n) is 5.52. The number of Topliss-reactive ketones (excluding diaryl/α,β-unsaturated/α-hetero) is 1. The lowest BCUT2D eigenvalue weighted by molar-refractivity contribution is -0.123. The molecule has 7 nitrogen and oxygen atoms in total. The normalized spacial score (nSPS) is 18.0. The molecular weight excluding hydrogens is 296 g/mol. The molecule has 0 spiro atoms. The number of nitrogens with zero attached hydrogens (tertiary/aromatic N) is 1. The van der Waals surface area contributed by atoms with Crippen molar-refractivity contribution in [3.63, 3.8) is 0 Å². The number of nitrogens with one attached hydrogen (secondary N) is 3. The van der Waals surface area contributed by atoms with Crippen LogP contribution in [0.25, 0.3) is 0 Å². The number of amides is 1. The Bertz CT molecular complexity index is 699. The maximum absolute atomic E-state index is 12.9. The second kappa shape index (κ2) is 6.62. The first-order chi connectivity index (χ1) is 11.1. The SMILES string of the molecule is O=C(O)N[C@@H](Cc1cnc[nH]1)C(=O)C1NCCc2ccccc21. The molecule has 4 N–H and O–H groups in total. The van der Waals surface area contributed by atoms with Gasteiger partial charge in [0.05, 0.1) is 18.4 Å². The van der Waals surface area contributed by atoms with E-state index in [1.54, 1.807) is 6.20 Å². The van der Waals surface area contributed by atoms with Crippen molar-refractivity contribution in [2.45, 2.75) is 24.9 Å². The Morgan fingerprint density at radius 2 is 2.22 bits per heavy atom. The highest BCUT2D eigenvalue weighted by molar-refractivity contribution is 5.93. The zero-order chi connectivity index (χ0) is 16.2. The number of benzene rings is 1. The van der Waals surface area contributed by atoms with Gasteiger partial charge in [-0.2, -0.15) is 0 Å². The molecular formula is C16H18N4O3. The lowest BCUT2D eigenvalue weighted by Gasteiger charge is -2.28. The number of carbonyl (C=O) groups is 2. The van der Waals surface area contributed by atoms with E-state index in [9.17, 15) is 9.59 Å². The van der Waals surface area contributed by atoms with Crippen molar-refractivity contribution < 1.29 is 14.7 Å². The summed E-state index contributed by atoms with van der Waals surface area (Å²) in [5, 5.41) is 14.6. The molecule has 1 aromatic heterocycles. The van der Waals surface area contributed by atoms with Gasteiger partial charge in [0.1, 0.15) is 0 Å². The van der Waals surface area contributed by atoms with Crippen LogP contribution in [0.4, 0.5) is 4.79 Å². The number of H-pyrrole nitrogens is 1. The van der Waals surface area contributed by atoms with Crippen LogP contribution < -0.4 is 10.6 Å². The highest BCUT2D eigenvalue weighted by Crippen LogP contribution is 2.24. The minimum Gasteiger partial charge on any atom is -0.465 e. The average molecular weight is 314 g/mol. The first-order valence-corrected chi connectivity index (χ1v) is 7.47. The molecule has 1 aromatic carbocycles. The van der Waals surface area contributed by atoms with Crippen LogP contribution >= 0.6 is 0 Å². The van der Waals surface area contributed by atoms with Crippen LogP contribution in [0.1, 0.15) is 22.9 Å². The average Bonchev–Trinajstić information content (AvgIpc) is 3.05. The smallest absolute Gasteiger partial charge is 0.405 e. The Balaban J connectivity index is 1.84. The van der Waals surface area contributed by atoms with Crippen molar-refractivity contribution in [1.82, 2.24) is 20.6 Å². The van der Waals surface area contributed by atoms with E-state index in [1.165, 1.54) is 6.33 Å². The quantitative estimate of drug-likeness (QED) is 0.660. The summed E-state index contributed by atoms with van der Waals surface area (Å²) < 4.78 is 0. The number of hydrogen-bond donors (Lipinski definition) is 4. The van der Waals surface area contributed by atoms with Crippen LogP contribution in [-0.4, -0.2) is 39.5 Å². The van der Waals surface area contributed by atoms with Crippen molar-refractivity contribution in [2.75, 3.05) is 6.54 Å². The molecule has 0 aliphatic carbocycles. The molecule has 0 saturated heterocycles. The predicted octanol–water partition coefficient (Wildman–Crippen LogP) is 1.04. The third kappa shape index (κ3) is 3.40. The number of aromatic amines is 1. The summed E-state index contributed by atoms with van der Waals surface area (Å²) in [5.41, 5.74) is 2.76. The molecule has 0 fully saturated rings. The van der Waals surface area contributed by atoms with Gasteiger partial charge >= 0.3 is 6.09 Å². The van der Waals surface area contributed by atoms with Crippen molar-refractivity contribution in [3.05, 3.63) is 53.6 Å². The highest BCUT2D eigenvalue weighted by Gasteiger charge is 2.32. The number of rotatable bonds is 5. The van der Waals surface area contributed by atoms with Crippen LogP contribution in [0.15, 0.2) is 36.8 Å². The monoisotopic (exact) mass is 314 g/mol. The molecule has 2 aromatic rings. The molecule has 120 valence electrons. The number of imidazole rings is 1. The van der Waals surface area contributed by atoms with Crippen molar-refractivity contribution >= 4 is 11.9 Å². The molecule has 3 rings (SSSR count). The lowest BCUT2D eigenvalue weighted by atomic mass is 9.88. The van der Waals surface area contributed by atoms with Gasteiger partial charge in [-0.3, -0.25) is 4.79 Å². The first-order valence-electron chi connectivity index (χ1n) is 7.47. The molecule has 2 atom stereocenters. The Labute approximate surface area is 133 Å². The topological polar surface area (TPSA) is 107 Å². The predicted molar refractivity (Wildman–Crippen MR) is 83.1 cm³/mol. The van der Waals surface area contributed by atoms with Crippen LogP contribution in [-0.2, 0) is 17.6 Å². The third-order valence-electron chi connectivity index (χ3n) is 4.01. The Morgan fingerprint density at radius 3 is 2.96 bits per heavy atom. The van der Waals surface area contributed by atoms with Crippen LogP contribution in [0.5, 0.6) is 0 Å². The fourth-order valence-electron chi connectivity index (χ4n) is 2.95. The van der Waals surface area contributed by atoms with Crippen LogP contribution in [0.3, 0.4) is 0 Å². The van der Waals surface area contributed by atoms with Gasteiger partial charge in [-0.05, 0) is 17.5 Å². The number of ketones is 1. The largest absolute Gasteiger partial charge is 0.465 e. The minimum absolute atomic E-state index is 0.186. The fraction of sp³-hybridized carbons (Fsp3) is 0.312. The summed E-state index contributed by atoms with van der Waals surface area (Å²) in [7, 11) is 0. The number of fused-ring (bicyclic) bond motifs is 1. The van der Waals surface area contributed by atoms with E-state index >= 15 is 0 Å². The van der Waals surface area contributed by atoms with Gasteiger partial charge in [0.25, 0.3) is 0 Å². The van der Waals surface area contributed by atoms with Gasteiger partial charge in [0, 0.05) is 24.9 Å². The van der Waals surface area contributed by atoms with E-state index < -0.39 is 18.2 Å². The molecule has 1 amide bonds. The van der Waals surface area contributed by atoms with Crippen molar-refractivity contribution in [3.8, 4) is 0 Å². The molecule has 1 unspecified atom stereocenters. The Kier molecular flexibility index (Phi) is 4.38. The first kappa shape index (κ1) is 15.2. The van der Waals surface area contributed by atoms with Crippen molar-refractivity contribution in [2.24, 2.45) is 0 Å². The molecule has 0 radical (unpaired) electrons. The number of carbonyl (C=O) groups excluding carboxylic acids is 1. The Hall–Kier alpha value is -2.67. The maximum atomic E-state index is 12.9. The van der Waals surface area contributed by atoms with E-state index in [2.05, 4.69) is 20.6 Å². The minimum atomic E-state index is -1.22. The van der Waals surface area contributed by atoms with Gasteiger partial charge in [-0.25, -0.2) is 9.78 Å². The van der Waals surface area contributed by atoms with E-state index in [4.69, 9.17) is 5.11 Å². The fourth-order valence-corrected chi connectivity index (χ4v) is 2.95. The number of carboxylic acid groups (broad SMARTS) is 1. The Morgan fingerprint density at radius 1 is 1.39 bits per heavy atom. The summed E-state index contributed by atoms with van der Waals surface area (Å²) in [6, 6.07) is 6.42. The van der Waals surface area contributed by atoms with Gasteiger partial charge in [-0.15, -0.1) is 0 Å². The summed E-state index contributed by atoms with van der Waals surface area (Å²) in [6.45, 7) is 0.692. The molecule has 0 saturated carbocycles. The molecule has 2 heterocycles. The van der Waals surface area contributed by atoms with Crippen LogP contribution in [0.2, 0.25) is 0 Å². The standard InChI is InChI=1S/C16H18N4O3/c21-15(13(20-16(22)23)7-11-8-17-9-19-11)14-12-4-2-1-3-10(12)5-6-18-14/h1-4,8-9,13-14,18,20H,5-7H2,(H,17,19)(H,22,23)/t13-,14?/m0/s1. The maximum Gasteiger partial charge on any atom is 0.405 e. The number of aromatic nitrogens is 2.